The average molecular weight is 1150 g/mol. The lowest BCUT2D eigenvalue weighted by Gasteiger charge is -2.36. The van der Waals surface area contributed by atoms with Gasteiger partial charge in [0.25, 0.3) is 11.8 Å². The molecule has 0 saturated carbocycles. The van der Waals surface area contributed by atoms with Gasteiger partial charge in [0.05, 0.1) is 68.2 Å². The predicted octanol–water partition coefficient (Wildman–Crippen LogP) is 6.87. The number of nitrogens with zero attached hydrogens (tertiary/aromatic N) is 6. The van der Waals surface area contributed by atoms with Crippen LogP contribution in [0.15, 0.2) is 114 Å². The highest BCUT2D eigenvalue weighted by Gasteiger charge is 2.45. The van der Waals surface area contributed by atoms with Crippen molar-refractivity contribution in [3.63, 3.8) is 0 Å². The number of benzene rings is 4. The fourth-order valence-corrected chi connectivity index (χ4v) is 11.7. The number of nitrogens with one attached hydrogen (secondary N) is 3. The molecule has 2 aromatic heterocycles. The Morgan fingerprint density at radius 1 is 0.780 bits per heavy atom. The molecule has 0 aliphatic carbocycles. The normalized spacial score (nSPS) is 16.9. The third kappa shape index (κ3) is 15.0. The van der Waals surface area contributed by atoms with Crippen LogP contribution in [0.1, 0.15) is 78.8 Å². The quantitative estimate of drug-likeness (QED) is 0.0455. The zero-order valence-corrected chi connectivity index (χ0v) is 48.3. The van der Waals surface area contributed by atoms with Crippen molar-refractivity contribution in [2.45, 2.75) is 84.3 Å². The van der Waals surface area contributed by atoms with Gasteiger partial charge in [-0.15, -0.1) is 22.7 Å². The SMILES string of the molecule is Cc1ncsc1-c1ccc(CNC(=O)[C@@H]2C[C@@H](O)CN2C(=O)C(NC(=O)CCOCCOCCOCCC(=O)N2CCN(c3ccc(-c4ccc5c(c4)C(=O)N(C(C(=O)Nc4nccs4)c4ccccc4)C5)cc3)CC2)C(C)(C)C)cc1. The Hall–Kier alpha value is -7.40. The van der Waals surface area contributed by atoms with Gasteiger partial charge in [0.1, 0.15) is 18.1 Å². The monoisotopic (exact) mass is 1150 g/mol. The van der Waals surface area contributed by atoms with Gasteiger partial charge in [-0.3, -0.25) is 34.1 Å². The molecule has 0 bridgehead atoms. The smallest absolute Gasteiger partial charge is 0.255 e. The van der Waals surface area contributed by atoms with Crippen molar-refractivity contribution in [2.24, 2.45) is 5.41 Å². The minimum Gasteiger partial charge on any atom is -0.391 e. The molecule has 2 saturated heterocycles. The number of thiazole rings is 2. The molecule has 6 aromatic rings. The van der Waals surface area contributed by atoms with Gasteiger partial charge in [-0.25, -0.2) is 9.97 Å². The summed E-state index contributed by atoms with van der Waals surface area (Å²) in [5.41, 5.74) is 9.07. The van der Waals surface area contributed by atoms with E-state index in [1.165, 1.54) is 16.2 Å². The van der Waals surface area contributed by atoms with E-state index in [9.17, 15) is 33.9 Å². The average Bonchev–Trinajstić information content (AvgIpc) is 4.27. The van der Waals surface area contributed by atoms with Gasteiger partial charge in [0, 0.05) is 81.5 Å². The van der Waals surface area contributed by atoms with Gasteiger partial charge < -0.3 is 49.6 Å². The van der Waals surface area contributed by atoms with Crippen LogP contribution < -0.4 is 20.9 Å². The van der Waals surface area contributed by atoms with E-state index in [-0.39, 0.29) is 88.3 Å². The number of ether oxygens (including phenoxy) is 3. The van der Waals surface area contributed by atoms with E-state index in [2.05, 4.69) is 43.0 Å². The number of likely N-dealkylation sites (tertiary alicyclic amines) is 1. The Balaban J connectivity index is 0.627. The molecule has 2 fully saturated rings. The van der Waals surface area contributed by atoms with Crippen molar-refractivity contribution in [3.8, 4) is 21.6 Å². The van der Waals surface area contributed by atoms with E-state index >= 15 is 0 Å². The fraction of sp³-hybridized carbons (Fsp3) is 0.410. The molecule has 3 aliphatic rings. The minimum absolute atomic E-state index is 0.00608. The molecule has 3 aliphatic heterocycles. The molecule has 5 heterocycles. The number of aliphatic hydroxyl groups is 1. The molecule has 0 radical (unpaired) electrons. The molecule has 4 aromatic carbocycles. The molecule has 6 amide bonds. The second kappa shape index (κ2) is 27.6. The van der Waals surface area contributed by atoms with E-state index in [0.717, 1.165) is 49.6 Å². The first-order chi connectivity index (χ1) is 39.6. The van der Waals surface area contributed by atoms with Crippen LogP contribution in [-0.4, -0.2) is 156 Å². The zero-order chi connectivity index (χ0) is 57.8. The van der Waals surface area contributed by atoms with E-state index in [1.54, 1.807) is 27.8 Å². The highest BCUT2D eigenvalue weighted by atomic mass is 32.1. The highest BCUT2D eigenvalue weighted by Crippen LogP contribution is 2.36. The molecule has 82 heavy (non-hydrogen) atoms. The number of piperazine rings is 1. The third-order valence-corrected chi connectivity index (χ3v) is 16.5. The second-order valence-corrected chi connectivity index (χ2v) is 23.4. The van der Waals surface area contributed by atoms with Crippen LogP contribution in [0.2, 0.25) is 0 Å². The Labute approximate surface area is 486 Å². The van der Waals surface area contributed by atoms with Crippen LogP contribution in [0.3, 0.4) is 0 Å². The van der Waals surface area contributed by atoms with E-state index in [0.29, 0.717) is 56.6 Å². The van der Waals surface area contributed by atoms with Gasteiger partial charge >= 0.3 is 0 Å². The van der Waals surface area contributed by atoms with Crippen LogP contribution in [0.25, 0.3) is 21.6 Å². The Kier molecular flexibility index (Phi) is 19.9. The van der Waals surface area contributed by atoms with Crippen LogP contribution >= 0.6 is 22.7 Å². The Bertz CT molecular complexity index is 3150. The number of aromatic nitrogens is 2. The first-order valence-electron chi connectivity index (χ1n) is 27.7. The largest absolute Gasteiger partial charge is 0.391 e. The summed E-state index contributed by atoms with van der Waals surface area (Å²) in [6.45, 7) is 12.1. The maximum absolute atomic E-state index is 14.0. The maximum Gasteiger partial charge on any atom is 0.255 e. The standard InChI is InChI=1S/C61H71N9O10S2/c1-40-54(82-39-64-40)44-12-10-41(11-13-44)36-63-56(74)50-35-48(71)38-69(50)59(77)55(61(2,3)4)65-51(72)20-27-78-29-31-80-32-30-79-28-21-52(73)68-25-23-67(24-26-68)47-18-16-42(17-19-47)45-14-15-46-37-70(58(76)49(46)34-45)53(43-8-6-5-7-9-43)57(75)66-60-62-22-33-81-60/h5-19,22,33-34,39,48,50,53,55,71H,20-21,23-32,35-38H2,1-4H3,(H,63,74)(H,65,72)(H,62,66,75)/t48-,50+,53?,55?/m1/s1. The van der Waals surface area contributed by atoms with Gasteiger partial charge in [-0.05, 0) is 63.9 Å². The lowest BCUT2D eigenvalue weighted by Crippen LogP contribution is -2.57. The summed E-state index contributed by atoms with van der Waals surface area (Å²) >= 11 is 2.89. The summed E-state index contributed by atoms with van der Waals surface area (Å²) in [5, 5.41) is 21.5. The number of β-amino-alcohol motifs (C(OH)–C–C–N with tert-alkyl or cyclic N) is 1. The zero-order valence-electron chi connectivity index (χ0n) is 46.7. The fourth-order valence-electron chi connectivity index (χ4n) is 10.4. The third-order valence-electron chi connectivity index (χ3n) is 14.9. The van der Waals surface area contributed by atoms with Crippen molar-refractivity contribution in [1.29, 1.82) is 0 Å². The number of hydrogen-bond donors (Lipinski definition) is 4. The number of carbonyl (C=O) groups excluding carboxylic acids is 6. The number of carbonyl (C=O) groups is 6. The summed E-state index contributed by atoms with van der Waals surface area (Å²) in [5.74, 6) is -1.68. The van der Waals surface area contributed by atoms with Crippen molar-refractivity contribution < 1.29 is 48.1 Å². The predicted molar refractivity (Wildman–Crippen MR) is 314 cm³/mol. The van der Waals surface area contributed by atoms with Crippen molar-refractivity contribution in [3.05, 3.63) is 142 Å². The molecule has 19 nitrogen and oxygen atoms in total. The van der Waals surface area contributed by atoms with E-state index in [4.69, 9.17) is 14.2 Å². The number of amides is 6. The lowest BCUT2D eigenvalue weighted by molar-refractivity contribution is -0.144. The van der Waals surface area contributed by atoms with Crippen LogP contribution in [0, 0.1) is 12.3 Å². The van der Waals surface area contributed by atoms with Gasteiger partial charge in [-0.1, -0.05) is 99.6 Å². The molecule has 9 rings (SSSR count). The number of hydrogen-bond acceptors (Lipinski definition) is 15. The summed E-state index contributed by atoms with van der Waals surface area (Å²) in [7, 11) is 0. The maximum atomic E-state index is 14.0. The van der Waals surface area contributed by atoms with Crippen molar-refractivity contribution in [2.75, 3.05) is 82.6 Å². The highest BCUT2D eigenvalue weighted by molar-refractivity contribution is 7.14. The molecule has 432 valence electrons. The Morgan fingerprint density at radius 2 is 1.45 bits per heavy atom. The summed E-state index contributed by atoms with van der Waals surface area (Å²) in [6.07, 6.45) is 1.11. The van der Waals surface area contributed by atoms with Crippen molar-refractivity contribution in [1.82, 2.24) is 35.3 Å². The number of fused-ring (bicyclic) bond motifs is 1. The van der Waals surface area contributed by atoms with E-state index < -0.39 is 35.6 Å². The molecule has 4 atom stereocenters. The Morgan fingerprint density at radius 3 is 2.11 bits per heavy atom. The summed E-state index contributed by atoms with van der Waals surface area (Å²) < 4.78 is 17.0. The van der Waals surface area contributed by atoms with Crippen LogP contribution in [0.5, 0.6) is 0 Å². The van der Waals surface area contributed by atoms with Gasteiger partial charge in [-0.2, -0.15) is 0 Å². The van der Waals surface area contributed by atoms with Gasteiger partial charge in [0.15, 0.2) is 5.13 Å². The van der Waals surface area contributed by atoms with E-state index in [1.807, 2.05) is 123 Å². The van der Waals surface area contributed by atoms with Crippen LogP contribution in [-0.2, 0) is 51.3 Å². The first-order valence-corrected chi connectivity index (χ1v) is 29.5. The first kappa shape index (κ1) is 59.2. The molecule has 21 heteroatoms. The molecular formula is C61H71N9O10S2. The molecule has 4 N–H and O–H groups in total. The van der Waals surface area contributed by atoms with Gasteiger partial charge in [0.2, 0.25) is 23.6 Å². The number of aryl methyl sites for hydroxylation is 1. The summed E-state index contributed by atoms with van der Waals surface area (Å²) in [6, 6.07) is 28.6. The molecular weight excluding hydrogens is 1080 g/mol. The summed E-state index contributed by atoms with van der Waals surface area (Å²) in [4.78, 5) is 98.0. The molecule has 2 unspecified atom stereocenters. The number of anilines is 2. The topological polar surface area (TPSA) is 225 Å². The number of rotatable bonds is 24. The molecule has 0 spiro atoms. The second-order valence-electron chi connectivity index (χ2n) is 21.6. The number of aliphatic hydroxyl groups excluding tert-OH is 1. The van der Waals surface area contributed by atoms with Crippen molar-refractivity contribution >= 4 is 68.9 Å². The minimum atomic E-state index is -0.947. The van der Waals surface area contributed by atoms with Crippen LogP contribution in [0.4, 0.5) is 10.8 Å². The lowest BCUT2D eigenvalue weighted by atomic mass is 9.85.